The van der Waals surface area contributed by atoms with E-state index in [9.17, 15) is 4.39 Å². The molecule has 0 amide bonds. The van der Waals surface area contributed by atoms with Crippen LogP contribution in [-0.2, 0) is 18.4 Å². The number of guanidine groups is 1. The van der Waals surface area contributed by atoms with Gasteiger partial charge in [-0.05, 0) is 43.9 Å². The van der Waals surface area contributed by atoms with Crippen molar-refractivity contribution in [1.29, 1.82) is 0 Å². The number of rotatable bonds is 6. The number of fused-ring (bicyclic) bond motifs is 1. The molecule has 4 rings (SSSR count). The molecule has 1 unspecified atom stereocenters. The first-order chi connectivity index (χ1) is 14.0. The monoisotopic (exact) mass is 526 g/mol. The first-order valence-corrected chi connectivity index (χ1v) is 10.7. The second-order valence-electron chi connectivity index (χ2n) is 8.59. The molecule has 2 aliphatic rings. The summed E-state index contributed by atoms with van der Waals surface area (Å²) in [5.74, 6) is 3.00. The smallest absolute Gasteiger partial charge is 0.191 e. The van der Waals surface area contributed by atoms with Crippen molar-refractivity contribution in [2.24, 2.45) is 4.99 Å². The molecule has 2 aromatic rings. The summed E-state index contributed by atoms with van der Waals surface area (Å²) in [7, 11) is 0. The third kappa shape index (κ3) is 5.12. The van der Waals surface area contributed by atoms with Crippen LogP contribution >= 0.6 is 24.0 Å². The lowest BCUT2D eigenvalue weighted by Crippen LogP contribution is -2.47. The number of aryl methyl sites for hydroxylation is 1. The quantitative estimate of drug-likeness (QED) is 0.342. The summed E-state index contributed by atoms with van der Waals surface area (Å²) in [5, 5.41) is 11.6. The van der Waals surface area contributed by atoms with E-state index in [-0.39, 0.29) is 41.3 Å². The van der Waals surface area contributed by atoms with Crippen LogP contribution in [0.2, 0.25) is 0 Å². The normalized spacial score (nSPS) is 19.8. The van der Waals surface area contributed by atoms with Crippen LogP contribution in [0.25, 0.3) is 0 Å². The Bertz CT molecular complexity index is 890. The minimum absolute atomic E-state index is 0. The second kappa shape index (κ2) is 9.62. The standard InChI is InChI=1S/C22H31FN6.HI/c1-4-24-21(25-14-22(10-11-22)16-6-5-7-17(23)12-16)26-18-8-9-19-27-20(15(2)3)28-29(19)13-18;/h5-7,12,15,18H,4,8-11,13-14H2,1-3H3,(H2,24,25,26);1H. The van der Waals surface area contributed by atoms with Gasteiger partial charge in [0.15, 0.2) is 11.8 Å². The fourth-order valence-corrected chi connectivity index (χ4v) is 3.94. The molecular formula is C22H32FIN6. The average molecular weight is 526 g/mol. The lowest BCUT2D eigenvalue weighted by atomic mass is 9.96. The van der Waals surface area contributed by atoms with Gasteiger partial charge in [-0.15, -0.1) is 24.0 Å². The Labute approximate surface area is 195 Å². The summed E-state index contributed by atoms with van der Waals surface area (Å²) in [4.78, 5) is 9.53. The van der Waals surface area contributed by atoms with Crippen LogP contribution < -0.4 is 10.6 Å². The molecule has 1 aliphatic carbocycles. The second-order valence-corrected chi connectivity index (χ2v) is 8.59. The highest BCUT2D eigenvalue weighted by molar-refractivity contribution is 14.0. The molecule has 30 heavy (non-hydrogen) atoms. The summed E-state index contributed by atoms with van der Waals surface area (Å²) in [6.45, 7) is 8.59. The molecule has 0 radical (unpaired) electrons. The fraction of sp³-hybridized carbons (Fsp3) is 0.591. The van der Waals surface area contributed by atoms with Crippen LogP contribution in [0.5, 0.6) is 0 Å². The highest BCUT2D eigenvalue weighted by Gasteiger charge is 2.44. The molecule has 1 aromatic heterocycles. The van der Waals surface area contributed by atoms with Gasteiger partial charge in [0.2, 0.25) is 0 Å². The molecule has 1 fully saturated rings. The molecule has 0 saturated heterocycles. The molecular weight excluding hydrogens is 494 g/mol. The Morgan fingerprint density at radius 1 is 1.37 bits per heavy atom. The lowest BCUT2D eigenvalue weighted by Gasteiger charge is -2.25. The molecule has 164 valence electrons. The van der Waals surface area contributed by atoms with E-state index < -0.39 is 0 Å². The molecule has 6 nitrogen and oxygen atoms in total. The topological polar surface area (TPSA) is 67.1 Å². The number of aliphatic imine (C=N–C) groups is 1. The van der Waals surface area contributed by atoms with Gasteiger partial charge in [0.1, 0.15) is 11.6 Å². The van der Waals surface area contributed by atoms with Crippen LogP contribution in [0, 0.1) is 5.82 Å². The Morgan fingerprint density at radius 2 is 2.17 bits per heavy atom. The van der Waals surface area contributed by atoms with Crippen molar-refractivity contribution in [3.63, 3.8) is 0 Å². The van der Waals surface area contributed by atoms with Crippen molar-refractivity contribution in [1.82, 2.24) is 25.4 Å². The first-order valence-electron chi connectivity index (χ1n) is 10.7. The Kier molecular flexibility index (Phi) is 7.36. The maximum Gasteiger partial charge on any atom is 0.191 e. The Balaban J connectivity index is 0.00000256. The maximum absolute atomic E-state index is 13.7. The molecule has 2 heterocycles. The van der Waals surface area contributed by atoms with Gasteiger partial charge in [-0.1, -0.05) is 26.0 Å². The van der Waals surface area contributed by atoms with Crippen molar-refractivity contribution in [3.05, 3.63) is 47.3 Å². The SMILES string of the molecule is CCNC(=NCC1(c2cccc(F)c2)CC1)NC1CCc2nc(C(C)C)nn2C1.I. The first kappa shape index (κ1) is 23.0. The van der Waals surface area contributed by atoms with E-state index in [4.69, 9.17) is 4.99 Å². The number of aromatic nitrogens is 3. The number of hydrogen-bond acceptors (Lipinski definition) is 3. The summed E-state index contributed by atoms with van der Waals surface area (Å²) >= 11 is 0. The molecule has 1 atom stereocenters. The molecule has 8 heteroatoms. The molecule has 1 aliphatic heterocycles. The van der Waals surface area contributed by atoms with Crippen molar-refractivity contribution in [2.75, 3.05) is 13.1 Å². The minimum atomic E-state index is -0.172. The Morgan fingerprint density at radius 3 is 2.83 bits per heavy atom. The van der Waals surface area contributed by atoms with Crippen molar-refractivity contribution >= 4 is 29.9 Å². The van der Waals surface area contributed by atoms with Gasteiger partial charge in [-0.2, -0.15) is 5.10 Å². The summed E-state index contributed by atoms with van der Waals surface area (Å²) in [6, 6.07) is 7.24. The van der Waals surface area contributed by atoms with Crippen molar-refractivity contribution in [2.45, 2.75) is 70.4 Å². The van der Waals surface area contributed by atoms with E-state index in [1.54, 1.807) is 12.1 Å². The van der Waals surface area contributed by atoms with Gasteiger partial charge in [0.25, 0.3) is 0 Å². The summed E-state index contributed by atoms with van der Waals surface area (Å²) in [5.41, 5.74) is 1.05. The zero-order valence-corrected chi connectivity index (χ0v) is 20.3. The Hall–Kier alpha value is -1.71. The van der Waals surface area contributed by atoms with E-state index in [0.29, 0.717) is 12.5 Å². The van der Waals surface area contributed by atoms with Gasteiger partial charge >= 0.3 is 0 Å². The number of halogens is 2. The summed E-state index contributed by atoms with van der Waals surface area (Å²) in [6.07, 6.45) is 4.05. The molecule has 1 saturated carbocycles. The van der Waals surface area contributed by atoms with E-state index in [1.165, 1.54) is 6.07 Å². The zero-order chi connectivity index (χ0) is 20.4. The molecule has 0 spiro atoms. The van der Waals surface area contributed by atoms with Crippen molar-refractivity contribution < 1.29 is 4.39 Å². The number of nitrogens with zero attached hydrogens (tertiary/aromatic N) is 4. The number of benzene rings is 1. The molecule has 1 aromatic carbocycles. The van der Waals surface area contributed by atoms with Gasteiger partial charge < -0.3 is 10.6 Å². The predicted molar refractivity (Wildman–Crippen MR) is 128 cm³/mol. The van der Waals surface area contributed by atoms with E-state index in [0.717, 1.165) is 61.9 Å². The van der Waals surface area contributed by atoms with Crippen LogP contribution in [0.15, 0.2) is 29.3 Å². The average Bonchev–Trinajstić information content (AvgIpc) is 3.37. The fourth-order valence-electron chi connectivity index (χ4n) is 3.94. The largest absolute Gasteiger partial charge is 0.357 e. The predicted octanol–water partition coefficient (Wildman–Crippen LogP) is 3.76. The van der Waals surface area contributed by atoms with E-state index in [2.05, 4.69) is 41.5 Å². The van der Waals surface area contributed by atoms with Gasteiger partial charge in [0.05, 0.1) is 13.1 Å². The summed E-state index contributed by atoms with van der Waals surface area (Å²) < 4.78 is 15.7. The highest BCUT2D eigenvalue weighted by Crippen LogP contribution is 2.48. The number of nitrogens with one attached hydrogen (secondary N) is 2. The maximum atomic E-state index is 13.7. The number of hydrogen-bond donors (Lipinski definition) is 2. The van der Waals surface area contributed by atoms with Crippen LogP contribution in [0.1, 0.15) is 63.2 Å². The van der Waals surface area contributed by atoms with Crippen LogP contribution in [-0.4, -0.2) is 39.9 Å². The van der Waals surface area contributed by atoms with E-state index >= 15 is 0 Å². The highest BCUT2D eigenvalue weighted by atomic mass is 127. The lowest BCUT2D eigenvalue weighted by molar-refractivity contribution is 0.391. The van der Waals surface area contributed by atoms with Gasteiger partial charge in [-0.25, -0.2) is 14.1 Å². The van der Waals surface area contributed by atoms with Gasteiger partial charge in [-0.3, -0.25) is 4.99 Å². The molecule has 0 bridgehead atoms. The van der Waals surface area contributed by atoms with Crippen molar-refractivity contribution in [3.8, 4) is 0 Å². The van der Waals surface area contributed by atoms with Gasteiger partial charge in [0, 0.05) is 30.3 Å². The third-order valence-corrected chi connectivity index (χ3v) is 5.91. The molecule has 2 N–H and O–H groups in total. The zero-order valence-electron chi connectivity index (χ0n) is 18.0. The minimum Gasteiger partial charge on any atom is -0.357 e. The van der Waals surface area contributed by atoms with Crippen LogP contribution in [0.4, 0.5) is 4.39 Å². The van der Waals surface area contributed by atoms with E-state index in [1.807, 2.05) is 10.7 Å². The third-order valence-electron chi connectivity index (χ3n) is 5.91. The van der Waals surface area contributed by atoms with Crippen LogP contribution in [0.3, 0.4) is 0 Å².